The molecule has 116 valence electrons. The highest BCUT2D eigenvalue weighted by molar-refractivity contribution is 7.90. The molecule has 0 saturated carbocycles. The molecule has 0 heterocycles. The van der Waals surface area contributed by atoms with E-state index in [9.17, 15) is 23.3 Å². The van der Waals surface area contributed by atoms with Crippen molar-refractivity contribution < 1.29 is 18.1 Å². The maximum Gasteiger partial charge on any atom is 0.310 e. The molecule has 0 aliphatic carbocycles. The lowest BCUT2D eigenvalue weighted by molar-refractivity contribution is -0.386. The fourth-order valence-electron chi connectivity index (χ4n) is 1.75. The molecule has 9 heteroatoms. The summed E-state index contributed by atoms with van der Waals surface area (Å²) < 4.78 is 23.2. The normalized spacial score (nSPS) is 11.0. The van der Waals surface area contributed by atoms with Crippen molar-refractivity contribution in [1.29, 1.82) is 0 Å². The van der Waals surface area contributed by atoms with Gasteiger partial charge in [0.05, 0.1) is 4.92 Å². The molecule has 1 aromatic carbocycles. The Morgan fingerprint density at radius 1 is 1.38 bits per heavy atom. The average molecular weight is 315 g/mol. The number of hydrogen-bond acceptors (Lipinski definition) is 6. The number of hydrogen-bond donors (Lipinski definition) is 2. The summed E-state index contributed by atoms with van der Waals surface area (Å²) >= 11 is 0. The van der Waals surface area contributed by atoms with Crippen LogP contribution in [0.3, 0.4) is 0 Å². The Hall–Kier alpha value is -2.16. The first-order chi connectivity index (χ1) is 9.77. The fraction of sp³-hybridized carbons (Fsp3) is 0.417. The highest BCUT2D eigenvalue weighted by Crippen LogP contribution is 2.31. The zero-order valence-electron chi connectivity index (χ0n) is 11.8. The van der Waals surface area contributed by atoms with Gasteiger partial charge in [-0.25, -0.2) is 8.42 Å². The number of nitro groups is 1. The van der Waals surface area contributed by atoms with E-state index in [0.29, 0.717) is 6.54 Å². The summed E-state index contributed by atoms with van der Waals surface area (Å²) in [5.41, 5.74) is -0.428. The topological polar surface area (TPSA) is 118 Å². The third-order valence-electron chi connectivity index (χ3n) is 2.62. The van der Waals surface area contributed by atoms with Gasteiger partial charge in [-0.3, -0.25) is 14.9 Å². The van der Waals surface area contributed by atoms with E-state index < -0.39 is 20.4 Å². The minimum Gasteiger partial charge on any atom is -0.379 e. The van der Waals surface area contributed by atoms with Crippen molar-refractivity contribution in [2.45, 2.75) is 18.2 Å². The van der Waals surface area contributed by atoms with E-state index in [4.69, 9.17) is 0 Å². The minimum absolute atomic E-state index is 0.0761. The van der Waals surface area contributed by atoms with E-state index in [1.54, 1.807) is 6.92 Å². The van der Waals surface area contributed by atoms with Crippen molar-refractivity contribution >= 4 is 27.1 Å². The standard InChI is InChI=1S/C12H17N3O5S/c1-3-13-11(16)7-8-14-9-5-4-6-10(21(2,19)20)12(9)15(17)18/h4-6,14H,3,7-8H2,1-2H3,(H,13,16). The number of nitrogens with zero attached hydrogens (tertiary/aromatic N) is 1. The maximum atomic E-state index is 11.6. The number of nitrogens with one attached hydrogen (secondary N) is 2. The summed E-state index contributed by atoms with van der Waals surface area (Å²) in [4.78, 5) is 21.3. The van der Waals surface area contributed by atoms with Gasteiger partial charge in [-0.1, -0.05) is 6.07 Å². The number of para-hydroxylation sites is 1. The second-order valence-electron chi connectivity index (χ2n) is 4.31. The lowest BCUT2D eigenvalue weighted by Gasteiger charge is -2.09. The molecule has 0 spiro atoms. The van der Waals surface area contributed by atoms with E-state index in [0.717, 1.165) is 6.26 Å². The smallest absolute Gasteiger partial charge is 0.310 e. The number of benzene rings is 1. The summed E-state index contributed by atoms with van der Waals surface area (Å²) in [6, 6.07) is 4.00. The monoisotopic (exact) mass is 315 g/mol. The maximum absolute atomic E-state index is 11.6. The molecule has 0 saturated heterocycles. The first-order valence-corrected chi connectivity index (χ1v) is 8.14. The molecule has 0 aromatic heterocycles. The van der Waals surface area contributed by atoms with Crippen LogP contribution in [0.4, 0.5) is 11.4 Å². The lowest BCUT2D eigenvalue weighted by Crippen LogP contribution is -2.24. The summed E-state index contributed by atoms with van der Waals surface area (Å²) in [6.07, 6.45) is 1.04. The molecule has 0 radical (unpaired) electrons. The van der Waals surface area contributed by atoms with Gasteiger partial charge in [-0.05, 0) is 19.1 Å². The Morgan fingerprint density at radius 3 is 2.57 bits per heavy atom. The van der Waals surface area contributed by atoms with Gasteiger partial charge in [0.2, 0.25) is 5.91 Å². The number of carbonyl (C=O) groups excluding carboxylic acids is 1. The molecule has 2 N–H and O–H groups in total. The Balaban J connectivity index is 2.98. The van der Waals surface area contributed by atoms with E-state index in [-0.39, 0.29) is 29.5 Å². The fourth-order valence-corrected chi connectivity index (χ4v) is 2.61. The Labute approximate surface area is 122 Å². The van der Waals surface area contributed by atoms with E-state index in [1.165, 1.54) is 18.2 Å². The molecule has 1 rings (SSSR count). The number of anilines is 1. The van der Waals surface area contributed by atoms with Crippen LogP contribution in [0.15, 0.2) is 23.1 Å². The number of amides is 1. The van der Waals surface area contributed by atoms with E-state index >= 15 is 0 Å². The number of sulfone groups is 1. The molecule has 1 aromatic rings. The molecule has 0 aliphatic heterocycles. The largest absolute Gasteiger partial charge is 0.379 e. The molecule has 0 aliphatic rings. The van der Waals surface area contributed by atoms with Gasteiger partial charge in [-0.2, -0.15) is 0 Å². The second kappa shape index (κ2) is 7.02. The van der Waals surface area contributed by atoms with Crippen LogP contribution in [0, 0.1) is 10.1 Å². The van der Waals surface area contributed by atoms with E-state index in [1.807, 2.05) is 0 Å². The van der Waals surface area contributed by atoms with Crippen molar-refractivity contribution in [1.82, 2.24) is 5.32 Å². The molecule has 0 atom stereocenters. The zero-order valence-corrected chi connectivity index (χ0v) is 12.6. The molecule has 0 unspecified atom stereocenters. The van der Waals surface area contributed by atoms with Crippen LogP contribution in [0.5, 0.6) is 0 Å². The van der Waals surface area contributed by atoms with Gasteiger partial charge in [0, 0.05) is 25.8 Å². The summed E-state index contributed by atoms with van der Waals surface area (Å²) in [6.45, 7) is 2.45. The Morgan fingerprint density at radius 2 is 2.05 bits per heavy atom. The molecule has 8 nitrogen and oxygen atoms in total. The van der Waals surface area contributed by atoms with Gasteiger partial charge >= 0.3 is 5.69 Å². The van der Waals surface area contributed by atoms with Crippen LogP contribution < -0.4 is 10.6 Å². The molecular formula is C12H17N3O5S. The SMILES string of the molecule is CCNC(=O)CCNc1cccc(S(C)(=O)=O)c1[N+](=O)[O-]. The third-order valence-corrected chi connectivity index (χ3v) is 3.75. The number of rotatable bonds is 7. The Bertz CT molecular complexity index is 642. The zero-order chi connectivity index (χ0) is 16.0. The third kappa shape index (κ3) is 4.71. The number of carbonyl (C=O) groups is 1. The predicted octanol–water partition coefficient (Wildman–Crippen LogP) is 0.936. The second-order valence-corrected chi connectivity index (χ2v) is 6.30. The van der Waals surface area contributed by atoms with Crippen LogP contribution in [0.25, 0.3) is 0 Å². The van der Waals surface area contributed by atoms with Crippen LogP contribution in [0.1, 0.15) is 13.3 Å². The first kappa shape index (κ1) is 16.9. The predicted molar refractivity (Wildman–Crippen MR) is 78.0 cm³/mol. The van der Waals surface area contributed by atoms with Crippen molar-refractivity contribution in [3.8, 4) is 0 Å². The molecule has 21 heavy (non-hydrogen) atoms. The van der Waals surface area contributed by atoms with Crippen LogP contribution >= 0.6 is 0 Å². The minimum atomic E-state index is -3.71. The van der Waals surface area contributed by atoms with Crippen molar-refractivity contribution in [2.75, 3.05) is 24.7 Å². The molecule has 0 bridgehead atoms. The van der Waals surface area contributed by atoms with Gasteiger partial charge in [0.25, 0.3) is 0 Å². The highest BCUT2D eigenvalue weighted by Gasteiger charge is 2.25. The average Bonchev–Trinajstić information content (AvgIpc) is 2.37. The van der Waals surface area contributed by atoms with Gasteiger partial charge in [0.1, 0.15) is 10.6 Å². The molecule has 1 amide bonds. The Kier molecular flexibility index (Phi) is 5.65. The van der Waals surface area contributed by atoms with Gasteiger partial charge in [0.15, 0.2) is 9.84 Å². The summed E-state index contributed by atoms with van der Waals surface area (Å²) in [5.74, 6) is -0.188. The summed E-state index contributed by atoms with van der Waals surface area (Å²) in [7, 11) is -3.71. The van der Waals surface area contributed by atoms with Crippen LogP contribution in [-0.4, -0.2) is 38.6 Å². The summed E-state index contributed by atoms with van der Waals surface area (Å²) in [5, 5.41) is 16.4. The van der Waals surface area contributed by atoms with Crippen LogP contribution in [0.2, 0.25) is 0 Å². The van der Waals surface area contributed by atoms with Crippen molar-refractivity contribution in [3.05, 3.63) is 28.3 Å². The van der Waals surface area contributed by atoms with Gasteiger partial charge < -0.3 is 10.6 Å². The molecular weight excluding hydrogens is 298 g/mol. The van der Waals surface area contributed by atoms with Crippen LogP contribution in [-0.2, 0) is 14.6 Å². The van der Waals surface area contributed by atoms with Crippen molar-refractivity contribution in [2.24, 2.45) is 0 Å². The quantitative estimate of drug-likeness (QED) is 0.571. The molecule has 0 fully saturated rings. The van der Waals surface area contributed by atoms with Gasteiger partial charge in [-0.15, -0.1) is 0 Å². The van der Waals surface area contributed by atoms with Crippen molar-refractivity contribution in [3.63, 3.8) is 0 Å². The first-order valence-electron chi connectivity index (χ1n) is 6.25. The highest BCUT2D eigenvalue weighted by atomic mass is 32.2. The lowest BCUT2D eigenvalue weighted by atomic mass is 10.2. The number of nitro benzene ring substituents is 1. The van der Waals surface area contributed by atoms with E-state index in [2.05, 4.69) is 10.6 Å².